The Hall–Kier alpha value is -1.92. The summed E-state index contributed by atoms with van der Waals surface area (Å²) in [5.74, 6) is 0.328. The largest absolute Gasteiger partial charge is 0.497 e. The first-order chi connectivity index (χ1) is 9.22. The van der Waals surface area contributed by atoms with Crippen molar-refractivity contribution in [2.24, 2.45) is 5.73 Å². The molecule has 0 atom stereocenters. The van der Waals surface area contributed by atoms with E-state index >= 15 is 0 Å². The number of carbonyl (C=O) groups excluding carboxylic acids is 1. The Morgan fingerprint density at radius 3 is 2.68 bits per heavy atom. The summed E-state index contributed by atoms with van der Waals surface area (Å²) in [5.41, 5.74) is 6.64. The van der Waals surface area contributed by atoms with Crippen LogP contribution in [-0.2, 0) is 17.9 Å². The van der Waals surface area contributed by atoms with Gasteiger partial charge in [-0.15, -0.1) is 11.3 Å². The van der Waals surface area contributed by atoms with E-state index in [0.29, 0.717) is 12.2 Å². The van der Waals surface area contributed by atoms with Crippen LogP contribution in [0.15, 0.2) is 29.6 Å². The van der Waals surface area contributed by atoms with Crippen LogP contribution in [0.2, 0.25) is 0 Å². The average molecular weight is 278 g/mol. The van der Waals surface area contributed by atoms with E-state index in [2.05, 4.69) is 4.98 Å². The molecule has 1 aromatic carbocycles. The predicted octanol–water partition coefficient (Wildman–Crippen LogP) is 1.97. The lowest BCUT2D eigenvalue weighted by Crippen LogP contribution is -2.06. The van der Waals surface area contributed by atoms with Crippen molar-refractivity contribution in [3.8, 4) is 5.75 Å². The second-order valence-corrected chi connectivity index (χ2v) is 4.70. The smallest absolute Gasteiger partial charge is 0.358 e. The maximum absolute atomic E-state index is 11.7. The molecule has 19 heavy (non-hydrogen) atoms. The van der Waals surface area contributed by atoms with Crippen molar-refractivity contribution in [2.75, 3.05) is 7.11 Å². The van der Waals surface area contributed by atoms with Crippen LogP contribution in [0.25, 0.3) is 0 Å². The SMILES string of the molecule is COc1ccc(COC(=O)c2csc(CN)n2)cc1. The zero-order valence-electron chi connectivity index (χ0n) is 10.5. The number of methoxy groups -OCH3 is 1. The van der Waals surface area contributed by atoms with Crippen molar-refractivity contribution in [3.05, 3.63) is 45.9 Å². The maximum atomic E-state index is 11.7. The van der Waals surface area contributed by atoms with Gasteiger partial charge in [0, 0.05) is 11.9 Å². The van der Waals surface area contributed by atoms with E-state index in [1.165, 1.54) is 11.3 Å². The summed E-state index contributed by atoms with van der Waals surface area (Å²) in [6, 6.07) is 7.33. The standard InChI is InChI=1S/C13H14N2O3S/c1-17-10-4-2-9(3-5-10)7-18-13(16)11-8-19-12(6-14)15-11/h2-5,8H,6-7,14H2,1H3. The van der Waals surface area contributed by atoms with E-state index in [0.717, 1.165) is 16.3 Å². The minimum Gasteiger partial charge on any atom is -0.497 e. The fraction of sp³-hybridized carbons (Fsp3) is 0.231. The minimum absolute atomic E-state index is 0.207. The molecule has 0 bridgehead atoms. The molecule has 2 aromatic rings. The molecule has 0 aliphatic carbocycles. The van der Waals surface area contributed by atoms with Gasteiger partial charge in [-0.25, -0.2) is 9.78 Å². The summed E-state index contributed by atoms with van der Waals surface area (Å²) in [6.07, 6.45) is 0. The zero-order chi connectivity index (χ0) is 13.7. The molecule has 5 nitrogen and oxygen atoms in total. The first-order valence-electron chi connectivity index (χ1n) is 5.67. The van der Waals surface area contributed by atoms with Crippen LogP contribution in [-0.4, -0.2) is 18.1 Å². The van der Waals surface area contributed by atoms with E-state index in [1.807, 2.05) is 24.3 Å². The molecule has 0 saturated carbocycles. The Kier molecular flexibility index (Phi) is 4.48. The number of carbonyl (C=O) groups is 1. The van der Waals surface area contributed by atoms with Crippen molar-refractivity contribution in [2.45, 2.75) is 13.2 Å². The predicted molar refractivity (Wildman–Crippen MR) is 72.1 cm³/mol. The Morgan fingerprint density at radius 1 is 1.37 bits per heavy atom. The number of aromatic nitrogens is 1. The normalized spacial score (nSPS) is 10.2. The number of esters is 1. The van der Waals surface area contributed by atoms with Gasteiger partial charge in [0.05, 0.1) is 7.11 Å². The first kappa shape index (κ1) is 13.5. The summed E-state index contributed by atoms with van der Waals surface area (Å²) in [4.78, 5) is 15.8. The van der Waals surface area contributed by atoms with Gasteiger partial charge in [-0.1, -0.05) is 12.1 Å². The highest BCUT2D eigenvalue weighted by Gasteiger charge is 2.11. The van der Waals surface area contributed by atoms with Crippen molar-refractivity contribution < 1.29 is 14.3 Å². The quantitative estimate of drug-likeness (QED) is 0.846. The van der Waals surface area contributed by atoms with Crippen LogP contribution >= 0.6 is 11.3 Å². The van der Waals surface area contributed by atoms with Gasteiger partial charge >= 0.3 is 5.97 Å². The summed E-state index contributed by atoms with van der Waals surface area (Å²) in [6.45, 7) is 0.536. The molecule has 2 N–H and O–H groups in total. The number of benzene rings is 1. The van der Waals surface area contributed by atoms with Crippen molar-refractivity contribution >= 4 is 17.3 Å². The molecule has 100 valence electrons. The van der Waals surface area contributed by atoms with Crippen LogP contribution in [0.1, 0.15) is 21.1 Å². The van der Waals surface area contributed by atoms with E-state index < -0.39 is 5.97 Å². The van der Waals surface area contributed by atoms with Gasteiger partial charge in [0.2, 0.25) is 0 Å². The Morgan fingerprint density at radius 2 is 2.11 bits per heavy atom. The summed E-state index contributed by atoms with van der Waals surface area (Å²) >= 11 is 1.35. The summed E-state index contributed by atoms with van der Waals surface area (Å²) in [7, 11) is 1.60. The van der Waals surface area contributed by atoms with Crippen LogP contribution in [0.5, 0.6) is 5.75 Å². The second-order valence-electron chi connectivity index (χ2n) is 3.75. The Balaban J connectivity index is 1.92. The van der Waals surface area contributed by atoms with E-state index in [4.69, 9.17) is 15.2 Å². The number of rotatable bonds is 5. The molecule has 0 amide bonds. The molecule has 6 heteroatoms. The lowest BCUT2D eigenvalue weighted by molar-refractivity contribution is 0.0466. The number of ether oxygens (including phenoxy) is 2. The van der Waals surface area contributed by atoms with E-state index in [1.54, 1.807) is 12.5 Å². The molecular formula is C13H14N2O3S. The van der Waals surface area contributed by atoms with Crippen molar-refractivity contribution in [3.63, 3.8) is 0 Å². The molecule has 0 spiro atoms. The van der Waals surface area contributed by atoms with E-state index in [9.17, 15) is 4.79 Å². The number of nitrogens with zero attached hydrogens (tertiary/aromatic N) is 1. The maximum Gasteiger partial charge on any atom is 0.358 e. The van der Waals surface area contributed by atoms with Gasteiger partial charge in [0.25, 0.3) is 0 Å². The van der Waals surface area contributed by atoms with Crippen LogP contribution in [0.4, 0.5) is 0 Å². The number of hydrogen-bond acceptors (Lipinski definition) is 6. The molecular weight excluding hydrogens is 264 g/mol. The number of nitrogens with two attached hydrogens (primary N) is 1. The third-order valence-corrected chi connectivity index (χ3v) is 3.34. The monoisotopic (exact) mass is 278 g/mol. The highest BCUT2D eigenvalue weighted by atomic mass is 32.1. The van der Waals surface area contributed by atoms with Crippen molar-refractivity contribution in [1.82, 2.24) is 4.98 Å². The van der Waals surface area contributed by atoms with Crippen LogP contribution in [0, 0.1) is 0 Å². The Labute approximate surface area is 115 Å². The highest BCUT2D eigenvalue weighted by molar-refractivity contribution is 7.09. The van der Waals surface area contributed by atoms with Gasteiger partial charge < -0.3 is 15.2 Å². The van der Waals surface area contributed by atoms with Gasteiger partial charge in [0.1, 0.15) is 17.4 Å². The average Bonchev–Trinajstić information content (AvgIpc) is 2.94. The third kappa shape index (κ3) is 3.52. The van der Waals surface area contributed by atoms with E-state index in [-0.39, 0.29) is 6.61 Å². The lowest BCUT2D eigenvalue weighted by atomic mass is 10.2. The third-order valence-electron chi connectivity index (χ3n) is 2.46. The highest BCUT2D eigenvalue weighted by Crippen LogP contribution is 2.14. The lowest BCUT2D eigenvalue weighted by Gasteiger charge is -2.04. The molecule has 0 aliphatic rings. The summed E-state index contributed by atoms with van der Waals surface area (Å²) in [5, 5.41) is 2.37. The number of hydrogen-bond donors (Lipinski definition) is 1. The molecule has 2 rings (SSSR count). The second kappa shape index (κ2) is 6.31. The molecule has 1 heterocycles. The van der Waals surface area contributed by atoms with Crippen LogP contribution < -0.4 is 10.5 Å². The van der Waals surface area contributed by atoms with Gasteiger partial charge in [0.15, 0.2) is 5.69 Å². The topological polar surface area (TPSA) is 74.4 Å². The fourth-order valence-corrected chi connectivity index (χ4v) is 2.09. The van der Waals surface area contributed by atoms with Gasteiger partial charge in [-0.3, -0.25) is 0 Å². The first-order valence-corrected chi connectivity index (χ1v) is 6.55. The molecule has 0 unspecified atom stereocenters. The van der Waals surface area contributed by atoms with Crippen molar-refractivity contribution in [1.29, 1.82) is 0 Å². The molecule has 0 fully saturated rings. The molecule has 0 saturated heterocycles. The molecule has 0 radical (unpaired) electrons. The Bertz CT molecular complexity index is 551. The fourth-order valence-electron chi connectivity index (χ4n) is 1.44. The van der Waals surface area contributed by atoms with Gasteiger partial charge in [-0.2, -0.15) is 0 Å². The summed E-state index contributed by atoms with van der Waals surface area (Å²) < 4.78 is 10.2. The molecule has 0 aliphatic heterocycles. The van der Waals surface area contributed by atoms with Gasteiger partial charge in [-0.05, 0) is 17.7 Å². The molecule has 1 aromatic heterocycles. The van der Waals surface area contributed by atoms with Crippen LogP contribution in [0.3, 0.4) is 0 Å². The number of thiazole rings is 1. The zero-order valence-corrected chi connectivity index (χ0v) is 11.3. The minimum atomic E-state index is -0.438.